The SMILES string of the molecule is Cc1cccc(OCCNC(=O)CN2CCCC[C@@H]2CO)c1. The number of carbonyl (C=O) groups is 1. The minimum absolute atomic E-state index is 0.00630. The molecule has 1 atom stereocenters. The largest absolute Gasteiger partial charge is 0.492 e. The summed E-state index contributed by atoms with van der Waals surface area (Å²) >= 11 is 0. The smallest absolute Gasteiger partial charge is 0.234 e. The van der Waals surface area contributed by atoms with Crippen LogP contribution in [0, 0.1) is 6.92 Å². The summed E-state index contributed by atoms with van der Waals surface area (Å²) in [5.41, 5.74) is 1.15. The van der Waals surface area contributed by atoms with E-state index in [2.05, 4.69) is 10.2 Å². The van der Waals surface area contributed by atoms with Gasteiger partial charge in [-0.1, -0.05) is 18.6 Å². The minimum Gasteiger partial charge on any atom is -0.492 e. The molecule has 0 bridgehead atoms. The van der Waals surface area contributed by atoms with Crippen LogP contribution in [-0.2, 0) is 4.79 Å². The summed E-state index contributed by atoms with van der Waals surface area (Å²) in [7, 11) is 0. The number of aryl methyl sites for hydroxylation is 1. The van der Waals surface area contributed by atoms with Crippen molar-refractivity contribution in [1.82, 2.24) is 10.2 Å². The summed E-state index contributed by atoms with van der Waals surface area (Å²) in [5.74, 6) is 0.818. The molecule has 1 fully saturated rings. The van der Waals surface area contributed by atoms with Crippen molar-refractivity contribution in [3.63, 3.8) is 0 Å². The van der Waals surface area contributed by atoms with Gasteiger partial charge in [-0.15, -0.1) is 0 Å². The highest BCUT2D eigenvalue weighted by atomic mass is 16.5. The molecule has 2 rings (SSSR count). The molecule has 1 aliphatic heterocycles. The van der Waals surface area contributed by atoms with Crippen molar-refractivity contribution >= 4 is 5.91 Å². The van der Waals surface area contributed by atoms with Gasteiger partial charge in [0.2, 0.25) is 5.91 Å². The third-order valence-corrected chi connectivity index (χ3v) is 3.99. The Hall–Kier alpha value is -1.59. The second-order valence-corrected chi connectivity index (χ2v) is 5.82. The summed E-state index contributed by atoms with van der Waals surface area (Å²) in [5, 5.41) is 12.2. The molecule has 2 N–H and O–H groups in total. The van der Waals surface area contributed by atoms with E-state index in [1.165, 1.54) is 0 Å². The minimum atomic E-state index is -0.00630. The van der Waals surface area contributed by atoms with E-state index in [4.69, 9.17) is 4.74 Å². The van der Waals surface area contributed by atoms with Crippen molar-refractivity contribution in [3.8, 4) is 5.75 Å². The Balaban J connectivity index is 1.65. The predicted molar refractivity (Wildman–Crippen MR) is 86.0 cm³/mol. The Bertz CT molecular complexity index is 479. The van der Waals surface area contributed by atoms with Crippen molar-refractivity contribution in [2.24, 2.45) is 0 Å². The highest BCUT2D eigenvalue weighted by molar-refractivity contribution is 5.78. The Labute approximate surface area is 132 Å². The number of carbonyl (C=O) groups excluding carboxylic acids is 1. The van der Waals surface area contributed by atoms with Crippen LogP contribution in [-0.4, -0.2) is 54.8 Å². The van der Waals surface area contributed by atoms with Crippen LogP contribution in [0.25, 0.3) is 0 Å². The number of hydrogen-bond donors (Lipinski definition) is 2. The van der Waals surface area contributed by atoms with Crippen LogP contribution in [0.3, 0.4) is 0 Å². The molecular formula is C17H26N2O3. The average Bonchev–Trinajstić information content (AvgIpc) is 2.52. The predicted octanol–water partition coefficient (Wildman–Crippen LogP) is 1.34. The van der Waals surface area contributed by atoms with E-state index in [0.717, 1.165) is 37.1 Å². The van der Waals surface area contributed by atoms with Gasteiger partial charge >= 0.3 is 0 Å². The number of aliphatic hydroxyl groups is 1. The van der Waals surface area contributed by atoms with Crippen LogP contribution in [0.1, 0.15) is 24.8 Å². The highest BCUT2D eigenvalue weighted by Crippen LogP contribution is 2.15. The number of ether oxygens (including phenoxy) is 1. The third-order valence-electron chi connectivity index (χ3n) is 3.99. The summed E-state index contributed by atoms with van der Waals surface area (Å²) in [6.45, 7) is 4.34. The zero-order valence-corrected chi connectivity index (χ0v) is 13.3. The molecule has 22 heavy (non-hydrogen) atoms. The van der Waals surface area contributed by atoms with E-state index < -0.39 is 0 Å². The van der Waals surface area contributed by atoms with Crippen molar-refractivity contribution < 1.29 is 14.6 Å². The standard InChI is InChI=1S/C17H26N2O3/c1-14-5-4-7-16(11-14)22-10-8-18-17(21)12-19-9-3-2-6-15(19)13-20/h4-5,7,11,15,20H,2-3,6,8-10,12-13H2,1H3,(H,18,21)/t15-/m1/s1. The molecule has 1 aromatic carbocycles. The summed E-state index contributed by atoms with van der Waals surface area (Å²) in [6, 6.07) is 7.98. The van der Waals surface area contributed by atoms with E-state index in [1.54, 1.807) is 0 Å². The molecule has 5 heteroatoms. The van der Waals surface area contributed by atoms with Crippen LogP contribution in [0.2, 0.25) is 0 Å². The number of benzene rings is 1. The number of nitrogens with zero attached hydrogens (tertiary/aromatic N) is 1. The molecule has 0 saturated carbocycles. The Morgan fingerprint density at radius 3 is 3.09 bits per heavy atom. The number of rotatable bonds is 7. The Morgan fingerprint density at radius 2 is 2.32 bits per heavy atom. The van der Waals surface area contributed by atoms with Gasteiger partial charge in [0.05, 0.1) is 19.7 Å². The molecule has 1 amide bonds. The molecular weight excluding hydrogens is 280 g/mol. The first-order chi connectivity index (χ1) is 10.7. The van der Waals surface area contributed by atoms with Gasteiger partial charge in [-0.3, -0.25) is 9.69 Å². The topological polar surface area (TPSA) is 61.8 Å². The van der Waals surface area contributed by atoms with E-state index in [9.17, 15) is 9.90 Å². The molecule has 0 unspecified atom stereocenters. The second kappa shape index (κ2) is 8.76. The summed E-state index contributed by atoms with van der Waals surface area (Å²) in [4.78, 5) is 14.0. The fourth-order valence-electron chi connectivity index (χ4n) is 2.78. The van der Waals surface area contributed by atoms with Gasteiger partial charge in [0.25, 0.3) is 0 Å². The lowest BCUT2D eigenvalue weighted by molar-refractivity contribution is -0.123. The van der Waals surface area contributed by atoms with Crippen molar-refractivity contribution in [2.45, 2.75) is 32.2 Å². The van der Waals surface area contributed by atoms with E-state index in [0.29, 0.717) is 19.7 Å². The molecule has 0 radical (unpaired) electrons. The first-order valence-electron chi connectivity index (χ1n) is 8.00. The van der Waals surface area contributed by atoms with Crippen LogP contribution < -0.4 is 10.1 Å². The third kappa shape index (κ3) is 5.31. The van der Waals surface area contributed by atoms with E-state index in [1.807, 2.05) is 31.2 Å². The van der Waals surface area contributed by atoms with Gasteiger partial charge in [0, 0.05) is 6.04 Å². The van der Waals surface area contributed by atoms with Crippen LogP contribution in [0.15, 0.2) is 24.3 Å². The monoisotopic (exact) mass is 306 g/mol. The first-order valence-corrected chi connectivity index (χ1v) is 8.00. The number of likely N-dealkylation sites (tertiary alicyclic amines) is 1. The van der Waals surface area contributed by atoms with Crippen molar-refractivity contribution in [1.29, 1.82) is 0 Å². The van der Waals surface area contributed by atoms with E-state index >= 15 is 0 Å². The fourth-order valence-corrected chi connectivity index (χ4v) is 2.78. The van der Waals surface area contributed by atoms with E-state index in [-0.39, 0.29) is 18.6 Å². The Morgan fingerprint density at radius 1 is 1.45 bits per heavy atom. The summed E-state index contributed by atoms with van der Waals surface area (Å²) in [6.07, 6.45) is 3.20. The van der Waals surface area contributed by atoms with Crippen LogP contribution >= 0.6 is 0 Å². The molecule has 5 nitrogen and oxygen atoms in total. The molecule has 0 spiro atoms. The second-order valence-electron chi connectivity index (χ2n) is 5.82. The fraction of sp³-hybridized carbons (Fsp3) is 0.588. The van der Waals surface area contributed by atoms with Crippen molar-refractivity contribution in [2.75, 3.05) is 32.8 Å². The maximum absolute atomic E-state index is 11.9. The lowest BCUT2D eigenvalue weighted by Crippen LogP contribution is -2.47. The molecule has 1 heterocycles. The van der Waals surface area contributed by atoms with Crippen LogP contribution in [0.4, 0.5) is 0 Å². The van der Waals surface area contributed by atoms with Crippen LogP contribution in [0.5, 0.6) is 5.75 Å². The number of nitrogens with one attached hydrogen (secondary N) is 1. The average molecular weight is 306 g/mol. The maximum atomic E-state index is 11.9. The van der Waals surface area contributed by atoms with Gasteiger partial charge in [0.15, 0.2) is 0 Å². The zero-order chi connectivity index (χ0) is 15.8. The van der Waals surface area contributed by atoms with Gasteiger partial charge in [0.1, 0.15) is 12.4 Å². The molecule has 1 aliphatic rings. The molecule has 1 saturated heterocycles. The normalized spacial score (nSPS) is 18.9. The van der Waals surface area contributed by atoms with Gasteiger partial charge in [-0.25, -0.2) is 0 Å². The van der Waals surface area contributed by atoms with Gasteiger partial charge in [-0.05, 0) is 44.0 Å². The number of piperidine rings is 1. The number of aliphatic hydroxyl groups excluding tert-OH is 1. The first kappa shape index (κ1) is 16.8. The molecule has 122 valence electrons. The van der Waals surface area contributed by atoms with Gasteiger partial charge in [-0.2, -0.15) is 0 Å². The lowest BCUT2D eigenvalue weighted by atomic mass is 10.0. The zero-order valence-electron chi connectivity index (χ0n) is 13.3. The highest BCUT2D eigenvalue weighted by Gasteiger charge is 2.23. The molecule has 0 aliphatic carbocycles. The quantitative estimate of drug-likeness (QED) is 0.746. The summed E-state index contributed by atoms with van der Waals surface area (Å²) < 4.78 is 5.60. The lowest BCUT2D eigenvalue weighted by Gasteiger charge is -2.33. The Kier molecular flexibility index (Phi) is 6.68. The maximum Gasteiger partial charge on any atom is 0.234 e. The van der Waals surface area contributed by atoms with Gasteiger partial charge < -0.3 is 15.2 Å². The molecule has 0 aromatic heterocycles. The number of hydrogen-bond acceptors (Lipinski definition) is 4. The van der Waals surface area contributed by atoms with Crippen molar-refractivity contribution in [3.05, 3.63) is 29.8 Å². The number of amides is 1. The molecule has 1 aromatic rings.